The van der Waals surface area contributed by atoms with Crippen molar-refractivity contribution in [3.63, 3.8) is 0 Å². The van der Waals surface area contributed by atoms with Gasteiger partial charge >= 0.3 is 12.4 Å². The van der Waals surface area contributed by atoms with Crippen LogP contribution in [0.25, 0.3) is 44.8 Å². The molecule has 0 aliphatic heterocycles. The van der Waals surface area contributed by atoms with E-state index in [1.807, 2.05) is 0 Å². The van der Waals surface area contributed by atoms with Crippen LogP contribution in [0.1, 0.15) is 33.9 Å². The van der Waals surface area contributed by atoms with Crippen LogP contribution < -0.4 is 0 Å². The molecule has 0 radical (unpaired) electrons. The van der Waals surface area contributed by atoms with Crippen molar-refractivity contribution in [2.75, 3.05) is 0 Å². The minimum absolute atomic E-state index is 0.164. The van der Waals surface area contributed by atoms with Gasteiger partial charge in [0.05, 0.1) is 34.9 Å². The average molecular weight is 622 g/mol. The van der Waals surface area contributed by atoms with Crippen molar-refractivity contribution in [1.82, 2.24) is 19.9 Å². The highest BCUT2D eigenvalue weighted by Gasteiger charge is 2.36. The van der Waals surface area contributed by atoms with E-state index in [9.17, 15) is 47.4 Å². The highest BCUT2D eigenvalue weighted by molar-refractivity contribution is 5.95. The predicted molar refractivity (Wildman–Crippen MR) is 148 cm³/mol. The Morgan fingerprint density at radius 1 is 0.457 bits per heavy atom. The minimum atomic E-state index is -4.88. The molecule has 2 heterocycles. The van der Waals surface area contributed by atoms with E-state index in [1.165, 1.54) is 12.1 Å². The summed E-state index contributed by atoms with van der Waals surface area (Å²) in [5, 5.41) is 37.8. The molecule has 2 aromatic heterocycles. The van der Waals surface area contributed by atoms with Gasteiger partial charge in [0.25, 0.3) is 0 Å². The van der Waals surface area contributed by atoms with Gasteiger partial charge in [-0.05, 0) is 46.5 Å². The van der Waals surface area contributed by atoms with E-state index in [2.05, 4.69) is 19.9 Å². The van der Waals surface area contributed by atoms with Crippen LogP contribution in [0.5, 0.6) is 0 Å². The van der Waals surface area contributed by atoms with E-state index in [0.29, 0.717) is 0 Å². The fourth-order valence-corrected chi connectivity index (χ4v) is 4.76. The van der Waals surface area contributed by atoms with Gasteiger partial charge in [-0.15, -0.1) is 0 Å². The van der Waals surface area contributed by atoms with Gasteiger partial charge in [0.2, 0.25) is 0 Å². The first-order valence-electron chi connectivity index (χ1n) is 12.8. The third-order valence-electron chi connectivity index (χ3n) is 6.72. The zero-order valence-corrected chi connectivity index (χ0v) is 22.8. The summed E-state index contributed by atoms with van der Waals surface area (Å²) in [6.45, 7) is 0. The maximum atomic E-state index is 14.3. The van der Waals surface area contributed by atoms with Crippen LogP contribution in [-0.2, 0) is 12.4 Å². The molecule has 0 atom stereocenters. The Kier molecular flexibility index (Phi) is 7.90. The van der Waals surface area contributed by atoms with Crippen LogP contribution in [0, 0.1) is 45.3 Å². The maximum Gasteiger partial charge on any atom is 0.417 e. The molecule has 0 amide bonds. The molecule has 46 heavy (non-hydrogen) atoms. The Balaban J connectivity index is 2.00. The quantitative estimate of drug-likeness (QED) is 0.188. The van der Waals surface area contributed by atoms with Crippen molar-refractivity contribution in [2.45, 2.75) is 12.4 Å². The Labute approximate surface area is 255 Å². The van der Waals surface area contributed by atoms with Crippen LogP contribution in [-0.4, -0.2) is 19.9 Å². The van der Waals surface area contributed by atoms with Gasteiger partial charge in [-0.3, -0.25) is 0 Å². The lowest BCUT2D eigenvalue weighted by Crippen LogP contribution is -2.09. The van der Waals surface area contributed by atoms with Crippen LogP contribution in [0.2, 0.25) is 0 Å². The molecular formula is C32H12F6N8. The number of benzene rings is 3. The van der Waals surface area contributed by atoms with Crippen molar-refractivity contribution in [1.29, 1.82) is 21.0 Å². The summed E-state index contributed by atoms with van der Waals surface area (Å²) in [6, 6.07) is 17.9. The molecule has 3 aromatic carbocycles. The molecule has 0 aliphatic carbocycles. The average Bonchev–Trinajstić information content (AvgIpc) is 3.06. The lowest BCUT2D eigenvalue weighted by Gasteiger charge is -2.21. The number of hydrogen-bond acceptors (Lipinski definition) is 8. The molecule has 0 saturated heterocycles. The third kappa shape index (κ3) is 5.67. The van der Waals surface area contributed by atoms with Crippen LogP contribution in [0.4, 0.5) is 26.3 Å². The minimum Gasteiger partial charge on any atom is -0.240 e. The standard InChI is InChI=1S/C32H12F6N8/c33-31(34,35)23-7-3-1-5-17(23)19-9-22(30-16-44-26(12-40)28(14-42)46-30)20(18-6-2-4-8-24(18)32(36,37)38)10-21(19)29-15-43-25(11-39)27(13-41)45-29/h1-10,15-16H. The second-order valence-corrected chi connectivity index (χ2v) is 9.38. The summed E-state index contributed by atoms with van der Waals surface area (Å²) < 4.78 is 85.8. The van der Waals surface area contributed by atoms with Crippen LogP contribution in [0.3, 0.4) is 0 Å². The summed E-state index contributed by atoms with van der Waals surface area (Å²) in [5.74, 6) is 0. The number of rotatable bonds is 4. The monoisotopic (exact) mass is 622 g/mol. The number of aromatic nitrogens is 4. The largest absolute Gasteiger partial charge is 0.417 e. The molecule has 0 saturated carbocycles. The van der Waals surface area contributed by atoms with Gasteiger partial charge in [0, 0.05) is 11.1 Å². The Hall–Kier alpha value is -6.64. The second kappa shape index (κ2) is 11.8. The lowest BCUT2D eigenvalue weighted by molar-refractivity contribution is -0.137. The second-order valence-electron chi connectivity index (χ2n) is 9.38. The zero-order chi connectivity index (χ0) is 33.2. The van der Waals surface area contributed by atoms with Gasteiger partial charge in [0.15, 0.2) is 22.8 Å². The van der Waals surface area contributed by atoms with Crippen LogP contribution >= 0.6 is 0 Å². The first-order chi connectivity index (χ1) is 21.9. The van der Waals surface area contributed by atoms with E-state index < -0.39 is 46.0 Å². The molecule has 222 valence electrons. The summed E-state index contributed by atoms with van der Waals surface area (Å²) in [7, 11) is 0. The highest BCUT2D eigenvalue weighted by atomic mass is 19.4. The van der Waals surface area contributed by atoms with E-state index in [-0.39, 0.29) is 45.0 Å². The molecule has 0 aliphatic rings. The fraction of sp³-hybridized carbons (Fsp3) is 0.0625. The molecule has 0 bridgehead atoms. The number of nitrogens with zero attached hydrogens (tertiary/aromatic N) is 8. The molecule has 8 nitrogen and oxygen atoms in total. The molecule has 0 fully saturated rings. The van der Waals surface area contributed by atoms with E-state index in [0.717, 1.165) is 60.9 Å². The van der Waals surface area contributed by atoms with Gasteiger partial charge in [-0.25, -0.2) is 19.9 Å². The topological polar surface area (TPSA) is 147 Å². The lowest BCUT2D eigenvalue weighted by atomic mass is 9.85. The predicted octanol–water partition coefficient (Wildman–Crippen LogP) is 7.46. The maximum absolute atomic E-state index is 14.3. The van der Waals surface area contributed by atoms with Gasteiger partial charge in [0.1, 0.15) is 24.3 Å². The van der Waals surface area contributed by atoms with Crippen molar-refractivity contribution >= 4 is 0 Å². The SMILES string of the molecule is N#Cc1ncc(-c2cc(-c3ccccc3C(F)(F)F)c(-c3cnc(C#N)c(C#N)n3)cc2-c2ccccc2C(F)(F)F)nc1C#N. The van der Waals surface area contributed by atoms with Crippen molar-refractivity contribution in [3.8, 4) is 69.0 Å². The van der Waals surface area contributed by atoms with E-state index in [1.54, 1.807) is 24.3 Å². The third-order valence-corrected chi connectivity index (χ3v) is 6.72. The van der Waals surface area contributed by atoms with Crippen molar-refractivity contribution in [3.05, 3.63) is 107 Å². The molecular weight excluding hydrogens is 610 g/mol. The Morgan fingerprint density at radius 3 is 1.13 bits per heavy atom. The van der Waals surface area contributed by atoms with Crippen molar-refractivity contribution in [2.24, 2.45) is 0 Å². The summed E-state index contributed by atoms with van der Waals surface area (Å²) >= 11 is 0. The molecule has 0 spiro atoms. The number of alkyl halides is 6. The summed E-state index contributed by atoms with van der Waals surface area (Å²) in [5.41, 5.74) is -5.87. The summed E-state index contributed by atoms with van der Waals surface area (Å²) in [6.07, 6.45) is -7.73. The molecule has 5 rings (SSSR count). The number of hydrogen-bond donors (Lipinski definition) is 0. The first-order valence-corrected chi connectivity index (χ1v) is 12.8. The van der Waals surface area contributed by atoms with Crippen LogP contribution in [0.15, 0.2) is 73.1 Å². The molecule has 5 aromatic rings. The molecule has 0 N–H and O–H groups in total. The Bertz CT molecular complexity index is 2040. The Morgan fingerprint density at radius 2 is 0.804 bits per heavy atom. The number of halogens is 6. The highest BCUT2D eigenvalue weighted by Crippen LogP contribution is 2.47. The van der Waals surface area contributed by atoms with E-state index >= 15 is 0 Å². The van der Waals surface area contributed by atoms with Gasteiger partial charge in [-0.1, -0.05) is 36.4 Å². The van der Waals surface area contributed by atoms with E-state index in [4.69, 9.17) is 0 Å². The smallest absolute Gasteiger partial charge is 0.240 e. The molecule has 14 heteroatoms. The summed E-state index contributed by atoms with van der Waals surface area (Å²) in [4.78, 5) is 16.0. The van der Waals surface area contributed by atoms with Crippen molar-refractivity contribution < 1.29 is 26.3 Å². The van der Waals surface area contributed by atoms with Gasteiger partial charge < -0.3 is 0 Å². The zero-order valence-electron chi connectivity index (χ0n) is 22.8. The van der Waals surface area contributed by atoms with Gasteiger partial charge in [-0.2, -0.15) is 47.4 Å². The first kappa shape index (κ1) is 30.8. The molecule has 0 unspecified atom stereocenters. The fourth-order valence-electron chi connectivity index (χ4n) is 4.76. The normalized spacial score (nSPS) is 11.2. The number of nitriles is 4.